The summed E-state index contributed by atoms with van der Waals surface area (Å²) in [7, 11) is 1.74. The lowest BCUT2D eigenvalue weighted by molar-refractivity contribution is 0.0435. The highest BCUT2D eigenvalue weighted by atomic mass is 16.6. The molecular formula is C30H35N5O6. The molecule has 1 aromatic heterocycles. The molecule has 2 aromatic carbocycles. The Morgan fingerprint density at radius 1 is 1.22 bits per heavy atom. The van der Waals surface area contributed by atoms with E-state index in [9.17, 15) is 19.5 Å². The second-order valence-electron chi connectivity index (χ2n) is 11.4. The van der Waals surface area contributed by atoms with Crippen molar-refractivity contribution in [1.29, 1.82) is 0 Å². The summed E-state index contributed by atoms with van der Waals surface area (Å²) in [6, 6.07) is 10.3. The van der Waals surface area contributed by atoms with Crippen LogP contribution in [-0.2, 0) is 16.5 Å². The third kappa shape index (κ3) is 5.21. The lowest BCUT2D eigenvalue weighted by Gasteiger charge is -2.25. The number of amides is 1. The van der Waals surface area contributed by atoms with Gasteiger partial charge < -0.3 is 30.1 Å². The van der Waals surface area contributed by atoms with Gasteiger partial charge in [0.1, 0.15) is 6.61 Å². The zero-order valence-electron chi connectivity index (χ0n) is 23.4. The van der Waals surface area contributed by atoms with Crippen LogP contribution in [0.25, 0.3) is 10.9 Å². The number of piperidine rings is 1. The van der Waals surface area contributed by atoms with Gasteiger partial charge >= 0.3 is 12.1 Å². The van der Waals surface area contributed by atoms with Gasteiger partial charge in [-0.15, -0.1) is 0 Å². The number of carbonyl (C=O) groups is 2. The Hall–Kier alpha value is -4.12. The molecular weight excluding hydrogens is 526 g/mol. The summed E-state index contributed by atoms with van der Waals surface area (Å²) >= 11 is 0. The summed E-state index contributed by atoms with van der Waals surface area (Å²) in [6.07, 6.45) is 1.50. The number of carboxylic acids is 1. The number of rotatable bonds is 8. The largest absolute Gasteiger partial charge is 0.478 e. The summed E-state index contributed by atoms with van der Waals surface area (Å²) in [5, 5.41) is 16.4. The second-order valence-corrected chi connectivity index (χ2v) is 11.4. The summed E-state index contributed by atoms with van der Waals surface area (Å²) in [5.41, 5.74) is 2.87. The molecule has 1 amide bonds. The SMILES string of the molecule is Cc1cc(C(C)Nc2ccccc2C(=O)O)c2nc(N3CC4C(C3)C4NC(=O)OCC3CCCO3)n(C)c(=O)c2c1. The van der Waals surface area contributed by atoms with Gasteiger partial charge in [-0.25, -0.2) is 14.6 Å². The highest BCUT2D eigenvalue weighted by molar-refractivity contribution is 5.94. The minimum atomic E-state index is -1.01. The average Bonchev–Trinajstić information content (AvgIpc) is 3.33. The van der Waals surface area contributed by atoms with E-state index in [-0.39, 0.29) is 47.8 Å². The maximum atomic E-state index is 13.5. The van der Waals surface area contributed by atoms with E-state index in [1.54, 1.807) is 35.9 Å². The van der Waals surface area contributed by atoms with Crippen LogP contribution in [0.15, 0.2) is 41.2 Å². The van der Waals surface area contributed by atoms with E-state index < -0.39 is 12.1 Å². The van der Waals surface area contributed by atoms with Crippen LogP contribution in [0.1, 0.15) is 47.3 Å². The van der Waals surface area contributed by atoms with Crippen molar-refractivity contribution in [1.82, 2.24) is 14.9 Å². The topological polar surface area (TPSA) is 135 Å². The Bertz CT molecular complexity index is 1550. The van der Waals surface area contributed by atoms with E-state index in [0.29, 0.717) is 35.6 Å². The Morgan fingerprint density at radius 2 is 1.98 bits per heavy atom. The number of fused-ring (bicyclic) bond motifs is 2. The van der Waals surface area contributed by atoms with Crippen LogP contribution in [0.2, 0.25) is 0 Å². The van der Waals surface area contributed by atoms with E-state index >= 15 is 0 Å². The first-order chi connectivity index (χ1) is 19.7. The number of anilines is 2. The van der Waals surface area contributed by atoms with Gasteiger partial charge in [-0.05, 0) is 50.5 Å². The molecule has 2 aliphatic heterocycles. The quantitative estimate of drug-likeness (QED) is 0.378. The lowest BCUT2D eigenvalue weighted by Crippen LogP contribution is -2.38. The summed E-state index contributed by atoms with van der Waals surface area (Å²) in [5.74, 6) is 0.102. The monoisotopic (exact) mass is 561 g/mol. The number of para-hydroxylation sites is 1. The third-order valence-corrected chi connectivity index (χ3v) is 8.51. The minimum Gasteiger partial charge on any atom is -0.478 e. The van der Waals surface area contributed by atoms with Crippen molar-refractivity contribution in [2.75, 3.05) is 36.5 Å². The number of alkyl carbamates (subject to hydrolysis) is 1. The van der Waals surface area contributed by atoms with Crippen LogP contribution in [0.5, 0.6) is 0 Å². The Morgan fingerprint density at radius 3 is 2.68 bits per heavy atom. The molecule has 3 heterocycles. The molecule has 0 radical (unpaired) electrons. The standard InChI is InChI=1S/C30H35N5O6/c1-16-11-20(17(2)31-24-9-5-4-8-19(24)28(37)38)25-21(12-16)27(36)34(3)29(32-25)35-13-22-23(14-35)26(22)33-30(39)41-15-18-7-6-10-40-18/h4-5,8-9,11-12,17-18,22-23,26,31H,6-7,10,13-15H2,1-3H3,(H,33,39)(H,37,38). The van der Waals surface area contributed by atoms with Crippen molar-refractivity contribution in [3.05, 3.63) is 63.4 Å². The zero-order chi connectivity index (χ0) is 28.8. The lowest BCUT2D eigenvalue weighted by atomic mass is 10.0. The molecule has 0 bridgehead atoms. The molecule has 11 nitrogen and oxygen atoms in total. The molecule has 41 heavy (non-hydrogen) atoms. The molecule has 1 saturated carbocycles. The summed E-state index contributed by atoms with van der Waals surface area (Å²) < 4.78 is 12.5. The van der Waals surface area contributed by atoms with Crippen LogP contribution in [0, 0.1) is 18.8 Å². The molecule has 11 heteroatoms. The van der Waals surface area contributed by atoms with E-state index in [4.69, 9.17) is 14.5 Å². The number of aromatic nitrogens is 2. The van der Waals surface area contributed by atoms with E-state index in [2.05, 4.69) is 15.5 Å². The van der Waals surface area contributed by atoms with E-state index in [1.165, 1.54) is 0 Å². The Kier molecular flexibility index (Phi) is 7.06. The van der Waals surface area contributed by atoms with Gasteiger partial charge in [-0.1, -0.05) is 18.2 Å². The number of ether oxygens (including phenoxy) is 2. The van der Waals surface area contributed by atoms with Crippen molar-refractivity contribution in [2.45, 2.75) is 44.9 Å². The van der Waals surface area contributed by atoms with Crippen LogP contribution in [0.3, 0.4) is 0 Å². The number of nitrogens with one attached hydrogen (secondary N) is 2. The van der Waals surface area contributed by atoms with Crippen LogP contribution in [-0.4, -0.2) is 65.2 Å². The smallest absolute Gasteiger partial charge is 0.407 e. The van der Waals surface area contributed by atoms with Crippen LogP contribution >= 0.6 is 0 Å². The van der Waals surface area contributed by atoms with Crippen molar-refractivity contribution in [3.63, 3.8) is 0 Å². The molecule has 216 valence electrons. The Balaban J connectivity index is 1.20. The number of aromatic carboxylic acids is 1. The number of nitrogens with zero attached hydrogens (tertiary/aromatic N) is 3. The Labute approximate surface area is 237 Å². The number of carboxylic acid groups (broad SMARTS) is 1. The molecule has 3 fully saturated rings. The predicted molar refractivity (Wildman–Crippen MR) is 154 cm³/mol. The van der Waals surface area contributed by atoms with Crippen LogP contribution < -0.4 is 21.1 Å². The number of hydrogen-bond donors (Lipinski definition) is 3. The molecule has 3 aliphatic rings. The van der Waals surface area contributed by atoms with Gasteiger partial charge in [0.2, 0.25) is 5.95 Å². The number of aryl methyl sites for hydroxylation is 1. The van der Waals surface area contributed by atoms with Crippen molar-refractivity contribution >= 4 is 34.6 Å². The first-order valence-electron chi connectivity index (χ1n) is 14.1. The fraction of sp³-hybridized carbons (Fsp3) is 0.467. The molecule has 0 spiro atoms. The van der Waals surface area contributed by atoms with Gasteiger partial charge in [-0.3, -0.25) is 9.36 Å². The van der Waals surface area contributed by atoms with Gasteiger partial charge in [0, 0.05) is 55.9 Å². The summed E-state index contributed by atoms with van der Waals surface area (Å²) in [6.45, 7) is 6.22. The highest BCUT2D eigenvalue weighted by Gasteiger charge is 2.57. The van der Waals surface area contributed by atoms with Gasteiger partial charge in [-0.2, -0.15) is 0 Å². The first kappa shape index (κ1) is 27.1. The molecule has 1 aliphatic carbocycles. The van der Waals surface area contributed by atoms with Crippen LogP contribution in [0.4, 0.5) is 16.4 Å². The van der Waals surface area contributed by atoms with Gasteiger partial charge in [0.05, 0.1) is 28.6 Å². The highest BCUT2D eigenvalue weighted by Crippen LogP contribution is 2.46. The fourth-order valence-electron chi connectivity index (χ4n) is 6.29. The molecule has 3 N–H and O–H groups in total. The first-order valence-corrected chi connectivity index (χ1v) is 14.1. The van der Waals surface area contributed by atoms with E-state index in [0.717, 1.165) is 30.6 Å². The van der Waals surface area contributed by atoms with Crippen molar-refractivity contribution < 1.29 is 24.2 Å². The molecule has 4 unspecified atom stereocenters. The normalized spacial score (nSPS) is 23.7. The predicted octanol–water partition coefficient (Wildman–Crippen LogP) is 3.45. The number of carbonyl (C=O) groups excluding carboxylic acids is 1. The minimum absolute atomic E-state index is 0.00582. The van der Waals surface area contributed by atoms with Crippen molar-refractivity contribution in [2.24, 2.45) is 18.9 Å². The van der Waals surface area contributed by atoms with Gasteiger partial charge in [0.15, 0.2) is 0 Å². The molecule has 6 rings (SSSR count). The second kappa shape index (κ2) is 10.7. The molecule has 4 atom stereocenters. The van der Waals surface area contributed by atoms with Crippen molar-refractivity contribution in [3.8, 4) is 0 Å². The molecule has 3 aromatic rings. The van der Waals surface area contributed by atoms with E-state index in [1.807, 2.05) is 26.0 Å². The summed E-state index contributed by atoms with van der Waals surface area (Å²) in [4.78, 5) is 44.7. The third-order valence-electron chi connectivity index (χ3n) is 8.51. The fourth-order valence-corrected chi connectivity index (χ4v) is 6.29. The zero-order valence-corrected chi connectivity index (χ0v) is 23.4. The van der Waals surface area contributed by atoms with Gasteiger partial charge in [0.25, 0.3) is 5.56 Å². The number of hydrogen-bond acceptors (Lipinski definition) is 8. The molecule has 2 saturated heterocycles. The maximum absolute atomic E-state index is 13.5. The number of benzene rings is 2. The maximum Gasteiger partial charge on any atom is 0.407 e. The average molecular weight is 562 g/mol.